The third-order valence-corrected chi connectivity index (χ3v) is 4.41. The Bertz CT molecular complexity index is 388. The average molecular weight is 215 g/mol. The summed E-state index contributed by atoms with van der Waals surface area (Å²) in [7, 11) is 0. The van der Waals surface area contributed by atoms with Crippen LogP contribution in [0.5, 0.6) is 0 Å². The van der Waals surface area contributed by atoms with Gasteiger partial charge in [-0.05, 0) is 55.3 Å². The van der Waals surface area contributed by atoms with E-state index in [1.165, 1.54) is 38.6 Å². The smallest absolute Gasteiger partial charge is 0.00616 e. The lowest BCUT2D eigenvalue weighted by Crippen LogP contribution is -2.25. The van der Waals surface area contributed by atoms with E-state index in [0.717, 1.165) is 6.54 Å². The lowest BCUT2D eigenvalue weighted by atomic mass is 9.79. The van der Waals surface area contributed by atoms with Crippen molar-refractivity contribution < 1.29 is 0 Å². The molecule has 1 nitrogen and oxygen atoms in total. The van der Waals surface area contributed by atoms with Gasteiger partial charge in [0.15, 0.2) is 0 Å². The summed E-state index contributed by atoms with van der Waals surface area (Å²) < 4.78 is 0. The lowest BCUT2D eigenvalue weighted by Gasteiger charge is -2.26. The summed E-state index contributed by atoms with van der Waals surface area (Å²) in [6.45, 7) is 4.72. The second kappa shape index (κ2) is 3.89. The number of hydrogen-bond donors (Lipinski definition) is 1. The number of fused-ring (bicyclic) bond motifs is 1. The van der Waals surface area contributed by atoms with Crippen LogP contribution >= 0.6 is 0 Å². The second-order valence-corrected chi connectivity index (χ2v) is 5.68. The zero-order valence-corrected chi connectivity index (χ0v) is 10.2. The molecule has 1 aliphatic carbocycles. The van der Waals surface area contributed by atoms with Crippen LogP contribution in [0, 0.1) is 0 Å². The van der Waals surface area contributed by atoms with E-state index >= 15 is 0 Å². The first-order valence-electron chi connectivity index (χ1n) is 6.61. The minimum absolute atomic E-state index is 0.381. The average Bonchev–Trinajstić information content (AvgIpc) is 2.77. The van der Waals surface area contributed by atoms with Gasteiger partial charge in [0.2, 0.25) is 0 Å². The molecule has 1 aromatic rings. The molecule has 0 bridgehead atoms. The molecule has 1 unspecified atom stereocenters. The van der Waals surface area contributed by atoms with Gasteiger partial charge in [0, 0.05) is 12.0 Å². The minimum atomic E-state index is 0.381. The van der Waals surface area contributed by atoms with Gasteiger partial charge in [-0.2, -0.15) is 0 Å². The third kappa shape index (κ3) is 1.67. The molecule has 16 heavy (non-hydrogen) atoms. The maximum absolute atomic E-state index is 3.49. The van der Waals surface area contributed by atoms with Crippen LogP contribution in [0.25, 0.3) is 0 Å². The zero-order valence-electron chi connectivity index (χ0n) is 10.2. The maximum atomic E-state index is 3.49. The Hall–Kier alpha value is -0.820. The van der Waals surface area contributed by atoms with Crippen LogP contribution in [0.1, 0.15) is 42.9 Å². The van der Waals surface area contributed by atoms with Gasteiger partial charge >= 0.3 is 0 Å². The van der Waals surface area contributed by atoms with Crippen LogP contribution in [-0.2, 0) is 18.3 Å². The van der Waals surface area contributed by atoms with Gasteiger partial charge in [-0.25, -0.2) is 0 Å². The molecule has 0 spiro atoms. The van der Waals surface area contributed by atoms with E-state index in [0.29, 0.717) is 5.41 Å². The van der Waals surface area contributed by atoms with Crippen LogP contribution in [0.2, 0.25) is 0 Å². The molecule has 1 atom stereocenters. The SMILES string of the molecule is CC1(c2ccc3c(c2)CCCC3)CCNC1. The van der Waals surface area contributed by atoms with E-state index in [4.69, 9.17) is 0 Å². The lowest BCUT2D eigenvalue weighted by molar-refractivity contribution is 0.523. The van der Waals surface area contributed by atoms with Crippen molar-refractivity contribution in [2.24, 2.45) is 0 Å². The van der Waals surface area contributed by atoms with E-state index in [1.54, 1.807) is 16.7 Å². The Balaban J connectivity index is 1.96. The van der Waals surface area contributed by atoms with Gasteiger partial charge in [-0.3, -0.25) is 0 Å². The molecule has 1 N–H and O–H groups in total. The molecule has 1 aliphatic heterocycles. The van der Waals surface area contributed by atoms with E-state index in [1.807, 2.05) is 0 Å². The van der Waals surface area contributed by atoms with Gasteiger partial charge < -0.3 is 5.32 Å². The molecule has 1 aromatic carbocycles. The molecule has 3 rings (SSSR count). The van der Waals surface area contributed by atoms with Crippen LogP contribution in [0.15, 0.2) is 18.2 Å². The van der Waals surface area contributed by atoms with E-state index in [2.05, 4.69) is 30.4 Å². The fraction of sp³-hybridized carbons (Fsp3) is 0.600. The number of nitrogens with one attached hydrogen (secondary N) is 1. The van der Waals surface area contributed by atoms with Crippen LogP contribution < -0.4 is 5.32 Å². The third-order valence-electron chi connectivity index (χ3n) is 4.41. The van der Waals surface area contributed by atoms with Crippen LogP contribution in [0.3, 0.4) is 0 Å². The van der Waals surface area contributed by atoms with Gasteiger partial charge in [0.25, 0.3) is 0 Å². The fourth-order valence-corrected chi connectivity index (χ4v) is 3.17. The summed E-state index contributed by atoms with van der Waals surface area (Å²) in [5, 5.41) is 3.49. The highest BCUT2D eigenvalue weighted by molar-refractivity contribution is 5.38. The summed E-state index contributed by atoms with van der Waals surface area (Å²) in [4.78, 5) is 0. The van der Waals surface area contributed by atoms with Crippen molar-refractivity contribution in [3.8, 4) is 0 Å². The quantitative estimate of drug-likeness (QED) is 0.759. The van der Waals surface area contributed by atoms with Crippen molar-refractivity contribution in [1.82, 2.24) is 5.32 Å². The number of rotatable bonds is 1. The number of hydrogen-bond acceptors (Lipinski definition) is 1. The second-order valence-electron chi connectivity index (χ2n) is 5.68. The molecule has 0 amide bonds. The Kier molecular flexibility index (Phi) is 2.51. The molecule has 86 valence electrons. The largest absolute Gasteiger partial charge is 0.316 e. The Morgan fingerprint density at radius 1 is 1.12 bits per heavy atom. The van der Waals surface area contributed by atoms with Crippen molar-refractivity contribution >= 4 is 0 Å². The molecule has 1 fully saturated rings. The van der Waals surface area contributed by atoms with E-state index in [-0.39, 0.29) is 0 Å². The summed E-state index contributed by atoms with van der Waals surface area (Å²) in [6, 6.07) is 7.24. The molecular weight excluding hydrogens is 194 g/mol. The number of benzene rings is 1. The van der Waals surface area contributed by atoms with Crippen molar-refractivity contribution in [3.63, 3.8) is 0 Å². The highest BCUT2D eigenvalue weighted by Gasteiger charge is 2.30. The molecule has 2 aliphatic rings. The summed E-state index contributed by atoms with van der Waals surface area (Å²) in [5.41, 5.74) is 5.16. The predicted molar refractivity (Wildman–Crippen MR) is 67.9 cm³/mol. The molecule has 0 radical (unpaired) electrons. The van der Waals surface area contributed by atoms with Gasteiger partial charge in [0.1, 0.15) is 0 Å². The zero-order chi connectivity index (χ0) is 11.0. The van der Waals surface area contributed by atoms with Crippen molar-refractivity contribution in [3.05, 3.63) is 34.9 Å². The molecule has 1 heteroatoms. The highest BCUT2D eigenvalue weighted by atomic mass is 14.9. The summed E-state index contributed by atoms with van der Waals surface area (Å²) >= 11 is 0. The maximum Gasteiger partial charge on any atom is 0.00616 e. The van der Waals surface area contributed by atoms with Crippen molar-refractivity contribution in [2.75, 3.05) is 13.1 Å². The standard InChI is InChI=1S/C15H21N/c1-15(8-9-16-11-15)14-7-6-12-4-2-3-5-13(12)10-14/h6-7,10,16H,2-5,8-9,11H2,1H3. The van der Waals surface area contributed by atoms with Crippen molar-refractivity contribution in [2.45, 2.75) is 44.4 Å². The van der Waals surface area contributed by atoms with E-state index in [9.17, 15) is 0 Å². The molecule has 1 heterocycles. The van der Waals surface area contributed by atoms with Gasteiger partial charge in [0.05, 0.1) is 0 Å². The first kappa shape index (κ1) is 10.3. The monoisotopic (exact) mass is 215 g/mol. The molecule has 1 saturated heterocycles. The number of aryl methyl sites for hydroxylation is 2. The van der Waals surface area contributed by atoms with Crippen LogP contribution in [-0.4, -0.2) is 13.1 Å². The van der Waals surface area contributed by atoms with E-state index < -0.39 is 0 Å². The molecular formula is C15H21N. The predicted octanol–water partition coefficient (Wildman–Crippen LogP) is 2.82. The Morgan fingerprint density at radius 2 is 1.94 bits per heavy atom. The molecule has 0 saturated carbocycles. The minimum Gasteiger partial charge on any atom is -0.316 e. The Labute approximate surface area is 98.3 Å². The Morgan fingerprint density at radius 3 is 2.69 bits per heavy atom. The summed E-state index contributed by atoms with van der Waals surface area (Å²) in [6.07, 6.45) is 6.64. The topological polar surface area (TPSA) is 12.0 Å². The van der Waals surface area contributed by atoms with Gasteiger partial charge in [-0.1, -0.05) is 25.1 Å². The first-order valence-corrected chi connectivity index (χ1v) is 6.61. The fourth-order valence-electron chi connectivity index (χ4n) is 3.17. The normalized spacial score (nSPS) is 29.1. The van der Waals surface area contributed by atoms with Crippen molar-refractivity contribution in [1.29, 1.82) is 0 Å². The first-order chi connectivity index (χ1) is 7.78. The van der Waals surface area contributed by atoms with Gasteiger partial charge in [-0.15, -0.1) is 0 Å². The van der Waals surface area contributed by atoms with Crippen LogP contribution in [0.4, 0.5) is 0 Å². The molecule has 0 aromatic heterocycles. The summed E-state index contributed by atoms with van der Waals surface area (Å²) in [5.74, 6) is 0. The highest BCUT2D eigenvalue weighted by Crippen LogP contribution is 2.33.